The van der Waals surface area contributed by atoms with Gasteiger partial charge in [0.05, 0.1) is 23.5 Å². The summed E-state index contributed by atoms with van der Waals surface area (Å²) >= 11 is 5.71. The first-order chi connectivity index (χ1) is 15.1. The minimum Gasteiger partial charge on any atom is -0.352 e. The van der Waals surface area contributed by atoms with Gasteiger partial charge in [0, 0.05) is 29.5 Å². The van der Waals surface area contributed by atoms with Gasteiger partial charge in [-0.15, -0.1) is 0 Å². The molecule has 0 spiro atoms. The van der Waals surface area contributed by atoms with Crippen LogP contribution in [0.1, 0.15) is 41.7 Å². The average Bonchev–Trinajstić information content (AvgIpc) is 3.28. The van der Waals surface area contributed by atoms with Crippen LogP contribution in [0.15, 0.2) is 72.9 Å². The summed E-state index contributed by atoms with van der Waals surface area (Å²) in [6, 6.07) is 23.6. The summed E-state index contributed by atoms with van der Waals surface area (Å²) in [7, 11) is 0. The summed E-state index contributed by atoms with van der Waals surface area (Å²) < 4.78 is 2.38. The lowest BCUT2D eigenvalue weighted by atomic mass is 9.97. The first kappa shape index (κ1) is 19.8. The van der Waals surface area contributed by atoms with Crippen molar-refractivity contribution in [3.63, 3.8) is 0 Å². The highest BCUT2D eigenvalue weighted by Crippen LogP contribution is 2.41. The predicted molar refractivity (Wildman–Crippen MR) is 131 cm³/mol. The molecule has 2 unspecified atom stereocenters. The van der Waals surface area contributed by atoms with Gasteiger partial charge in [-0.2, -0.15) is 0 Å². The number of pyridine rings is 1. The van der Waals surface area contributed by atoms with Gasteiger partial charge in [0.15, 0.2) is 5.11 Å². The highest BCUT2D eigenvalue weighted by atomic mass is 32.1. The summed E-state index contributed by atoms with van der Waals surface area (Å²) in [4.78, 5) is 6.92. The van der Waals surface area contributed by atoms with Gasteiger partial charge >= 0.3 is 0 Å². The van der Waals surface area contributed by atoms with Gasteiger partial charge in [-0.3, -0.25) is 4.98 Å². The maximum Gasteiger partial charge on any atom is 0.170 e. The maximum absolute atomic E-state index is 5.71. The SMILES string of the molecule is CCN1C(=S)NC(c2ccccn2)C1c1cc(C)n(-c2cccc3ccccc23)c1C. The second-order valence-electron chi connectivity index (χ2n) is 8.07. The molecule has 3 heterocycles. The van der Waals surface area contributed by atoms with Crippen molar-refractivity contribution in [3.8, 4) is 5.69 Å². The van der Waals surface area contributed by atoms with E-state index in [2.05, 4.69) is 95.1 Å². The van der Waals surface area contributed by atoms with E-state index in [1.807, 2.05) is 18.3 Å². The van der Waals surface area contributed by atoms with Gasteiger partial charge in [-0.25, -0.2) is 0 Å². The topological polar surface area (TPSA) is 33.1 Å². The summed E-state index contributed by atoms with van der Waals surface area (Å²) in [5.41, 5.74) is 5.98. The minimum atomic E-state index is 0.0233. The zero-order valence-corrected chi connectivity index (χ0v) is 18.9. The fourth-order valence-electron chi connectivity index (χ4n) is 4.95. The van der Waals surface area contributed by atoms with Crippen LogP contribution in [0.5, 0.6) is 0 Å². The normalized spacial score (nSPS) is 18.5. The van der Waals surface area contributed by atoms with E-state index in [1.165, 1.54) is 33.4 Å². The highest BCUT2D eigenvalue weighted by Gasteiger charge is 2.40. The molecule has 1 aliphatic heterocycles. The molecule has 5 rings (SSSR count). The van der Waals surface area contributed by atoms with Crippen LogP contribution in [0.4, 0.5) is 0 Å². The molecule has 0 bridgehead atoms. The van der Waals surface area contributed by atoms with Gasteiger partial charge in [-0.05, 0) is 68.2 Å². The van der Waals surface area contributed by atoms with Crippen LogP contribution in [0, 0.1) is 13.8 Å². The van der Waals surface area contributed by atoms with Crippen molar-refractivity contribution in [2.75, 3.05) is 6.54 Å². The molecule has 2 aromatic carbocycles. The van der Waals surface area contributed by atoms with Gasteiger partial charge < -0.3 is 14.8 Å². The van der Waals surface area contributed by atoms with Crippen molar-refractivity contribution in [2.24, 2.45) is 0 Å². The molecule has 1 aliphatic rings. The van der Waals surface area contributed by atoms with E-state index >= 15 is 0 Å². The average molecular weight is 427 g/mol. The molecule has 1 N–H and O–H groups in total. The molecule has 0 radical (unpaired) electrons. The molecule has 31 heavy (non-hydrogen) atoms. The number of likely N-dealkylation sites (N-methyl/N-ethyl adjacent to an activating group) is 1. The molecule has 0 aliphatic carbocycles. The fraction of sp³-hybridized carbons (Fsp3) is 0.231. The third-order valence-corrected chi connectivity index (χ3v) is 6.69. The van der Waals surface area contributed by atoms with E-state index in [1.54, 1.807) is 0 Å². The number of thiocarbonyl (C=S) groups is 1. The number of nitrogens with one attached hydrogen (secondary N) is 1. The molecule has 5 heteroatoms. The number of aromatic nitrogens is 2. The lowest BCUT2D eigenvalue weighted by molar-refractivity contribution is 0.329. The van der Waals surface area contributed by atoms with Crippen molar-refractivity contribution in [3.05, 3.63) is 95.6 Å². The number of aryl methyl sites for hydroxylation is 1. The molecule has 0 saturated carbocycles. The lowest BCUT2D eigenvalue weighted by Gasteiger charge is -2.27. The second kappa shape index (κ2) is 7.82. The van der Waals surface area contributed by atoms with Crippen molar-refractivity contribution >= 4 is 28.1 Å². The molecular formula is C26H26N4S. The molecular weight excluding hydrogens is 400 g/mol. The Morgan fingerprint density at radius 3 is 2.55 bits per heavy atom. The van der Waals surface area contributed by atoms with Crippen LogP contribution in [0.25, 0.3) is 16.5 Å². The lowest BCUT2D eigenvalue weighted by Crippen LogP contribution is -2.29. The standard InChI is InChI=1S/C26H26N4S/c1-4-29-25(24(28-26(29)31)22-13-7-8-15-27-22)21-16-17(2)30(18(21)3)23-14-9-11-19-10-5-6-12-20(19)23/h5-16,24-25H,4H2,1-3H3,(H,28,31). The molecule has 2 aromatic heterocycles. The third-order valence-electron chi connectivity index (χ3n) is 6.33. The van der Waals surface area contributed by atoms with E-state index in [-0.39, 0.29) is 12.1 Å². The Kier molecular flexibility index (Phi) is 4.98. The van der Waals surface area contributed by atoms with Crippen LogP contribution < -0.4 is 5.32 Å². The zero-order chi connectivity index (χ0) is 21.5. The molecule has 4 aromatic rings. The van der Waals surface area contributed by atoms with Crippen LogP contribution >= 0.6 is 12.2 Å². The third kappa shape index (κ3) is 3.20. The van der Waals surface area contributed by atoms with Crippen molar-refractivity contribution in [1.29, 1.82) is 0 Å². The molecule has 2 atom stereocenters. The van der Waals surface area contributed by atoms with Gasteiger partial charge in [-0.1, -0.05) is 42.5 Å². The van der Waals surface area contributed by atoms with E-state index in [9.17, 15) is 0 Å². The van der Waals surface area contributed by atoms with Gasteiger partial charge in [0.2, 0.25) is 0 Å². The molecule has 1 fully saturated rings. The first-order valence-corrected chi connectivity index (χ1v) is 11.2. The zero-order valence-electron chi connectivity index (χ0n) is 18.0. The van der Waals surface area contributed by atoms with E-state index < -0.39 is 0 Å². The van der Waals surface area contributed by atoms with Crippen LogP contribution in [-0.4, -0.2) is 26.1 Å². The van der Waals surface area contributed by atoms with Crippen LogP contribution in [0.2, 0.25) is 0 Å². The first-order valence-electron chi connectivity index (χ1n) is 10.7. The Hall–Kier alpha value is -3.18. The largest absolute Gasteiger partial charge is 0.352 e. The Bertz CT molecular complexity index is 1260. The molecule has 0 amide bonds. The van der Waals surface area contributed by atoms with Crippen molar-refractivity contribution in [1.82, 2.24) is 19.8 Å². The highest BCUT2D eigenvalue weighted by molar-refractivity contribution is 7.80. The number of hydrogen-bond donors (Lipinski definition) is 1. The Balaban J connectivity index is 1.68. The van der Waals surface area contributed by atoms with Crippen molar-refractivity contribution in [2.45, 2.75) is 32.9 Å². The fourth-order valence-corrected chi connectivity index (χ4v) is 5.32. The van der Waals surface area contributed by atoms with Gasteiger partial charge in [0.25, 0.3) is 0 Å². The summed E-state index contributed by atoms with van der Waals surface area (Å²) in [6.07, 6.45) is 1.85. The van der Waals surface area contributed by atoms with Gasteiger partial charge in [0.1, 0.15) is 0 Å². The number of hydrogen-bond acceptors (Lipinski definition) is 2. The summed E-state index contributed by atoms with van der Waals surface area (Å²) in [6.45, 7) is 7.41. The molecule has 4 nitrogen and oxygen atoms in total. The van der Waals surface area contributed by atoms with E-state index in [0.717, 1.165) is 17.4 Å². The number of benzene rings is 2. The molecule has 1 saturated heterocycles. The predicted octanol–water partition coefficient (Wildman–Crippen LogP) is 5.63. The van der Waals surface area contributed by atoms with E-state index in [4.69, 9.17) is 12.2 Å². The second-order valence-corrected chi connectivity index (χ2v) is 8.46. The van der Waals surface area contributed by atoms with Crippen LogP contribution in [0.3, 0.4) is 0 Å². The monoisotopic (exact) mass is 426 g/mol. The number of nitrogens with zero attached hydrogens (tertiary/aromatic N) is 3. The smallest absolute Gasteiger partial charge is 0.170 e. The number of rotatable bonds is 4. The maximum atomic E-state index is 5.71. The Morgan fingerprint density at radius 2 is 1.77 bits per heavy atom. The Labute approximate surface area is 188 Å². The Morgan fingerprint density at radius 1 is 1.00 bits per heavy atom. The quantitative estimate of drug-likeness (QED) is 0.429. The summed E-state index contributed by atoms with van der Waals surface area (Å²) in [5, 5.41) is 6.83. The summed E-state index contributed by atoms with van der Waals surface area (Å²) in [5.74, 6) is 0. The molecule has 156 valence electrons. The minimum absolute atomic E-state index is 0.0233. The van der Waals surface area contributed by atoms with E-state index in [0.29, 0.717) is 0 Å². The van der Waals surface area contributed by atoms with Crippen LogP contribution in [-0.2, 0) is 0 Å². The van der Waals surface area contributed by atoms with Crippen molar-refractivity contribution < 1.29 is 0 Å². The number of fused-ring (bicyclic) bond motifs is 1.